The summed E-state index contributed by atoms with van der Waals surface area (Å²) < 4.78 is 0. The van der Waals surface area contributed by atoms with E-state index in [0.717, 1.165) is 41.1 Å². The van der Waals surface area contributed by atoms with Crippen LogP contribution in [0, 0.1) is 6.92 Å². The Labute approximate surface area is 170 Å². The summed E-state index contributed by atoms with van der Waals surface area (Å²) in [5, 5.41) is 16.3. The van der Waals surface area contributed by atoms with E-state index in [0.29, 0.717) is 17.6 Å². The van der Waals surface area contributed by atoms with Gasteiger partial charge in [0.25, 0.3) is 5.91 Å². The molecule has 1 amide bonds. The van der Waals surface area contributed by atoms with Gasteiger partial charge in [-0.05, 0) is 56.0 Å². The number of hydrogen-bond acceptors (Lipinski definition) is 4. The number of carbonyl (C=O) groups excluding carboxylic acids is 2. The summed E-state index contributed by atoms with van der Waals surface area (Å²) in [6, 6.07) is 14.4. The maximum Gasteiger partial charge on any atom is 0.254 e. The molecule has 1 heterocycles. The molecular weight excluding hydrogens is 364 g/mol. The zero-order valence-electron chi connectivity index (χ0n) is 16.6. The lowest BCUT2D eigenvalue weighted by molar-refractivity contribution is -0.116. The monoisotopic (exact) mass is 388 g/mol. The molecule has 29 heavy (non-hydrogen) atoms. The molecule has 1 unspecified atom stereocenters. The number of rotatable bonds is 3. The largest absolute Gasteiger partial charge is 0.508 e. The first-order valence-corrected chi connectivity index (χ1v) is 9.85. The van der Waals surface area contributed by atoms with Gasteiger partial charge in [-0.2, -0.15) is 0 Å². The molecule has 0 aromatic heterocycles. The van der Waals surface area contributed by atoms with Crippen LogP contribution in [0.15, 0.2) is 71.1 Å². The maximum atomic E-state index is 13.4. The third kappa shape index (κ3) is 3.56. The number of phenolic OH excluding ortho intramolecular Hbond substituents is 1. The van der Waals surface area contributed by atoms with E-state index in [2.05, 4.69) is 10.6 Å². The summed E-state index contributed by atoms with van der Waals surface area (Å²) in [7, 11) is 0. The smallest absolute Gasteiger partial charge is 0.254 e. The predicted octanol–water partition coefficient (Wildman–Crippen LogP) is 4.31. The van der Waals surface area contributed by atoms with E-state index in [1.807, 2.05) is 44.2 Å². The van der Waals surface area contributed by atoms with E-state index in [1.54, 1.807) is 18.2 Å². The summed E-state index contributed by atoms with van der Waals surface area (Å²) in [4.78, 5) is 26.2. The first-order chi connectivity index (χ1) is 14.0. The number of aromatic hydroxyl groups is 1. The lowest BCUT2D eigenvalue weighted by atomic mass is 9.75. The Kier molecular flexibility index (Phi) is 4.97. The van der Waals surface area contributed by atoms with Crippen molar-refractivity contribution in [1.82, 2.24) is 5.32 Å². The van der Waals surface area contributed by atoms with Crippen LogP contribution in [0.4, 0.5) is 5.69 Å². The van der Waals surface area contributed by atoms with Gasteiger partial charge in [-0.15, -0.1) is 0 Å². The Morgan fingerprint density at radius 3 is 2.66 bits per heavy atom. The quantitative estimate of drug-likeness (QED) is 0.732. The maximum absolute atomic E-state index is 13.4. The number of amides is 1. The number of nitrogens with one attached hydrogen (secondary N) is 2. The van der Waals surface area contributed by atoms with Gasteiger partial charge in [-0.1, -0.05) is 30.3 Å². The van der Waals surface area contributed by atoms with Crippen molar-refractivity contribution >= 4 is 17.4 Å². The molecule has 3 N–H and O–H groups in total. The average Bonchev–Trinajstić information content (AvgIpc) is 2.69. The van der Waals surface area contributed by atoms with Crippen molar-refractivity contribution in [3.8, 4) is 5.75 Å². The minimum absolute atomic E-state index is 0.0563. The van der Waals surface area contributed by atoms with Crippen molar-refractivity contribution in [2.75, 3.05) is 5.32 Å². The van der Waals surface area contributed by atoms with Crippen molar-refractivity contribution in [2.45, 2.75) is 39.0 Å². The van der Waals surface area contributed by atoms with Crippen molar-refractivity contribution in [2.24, 2.45) is 0 Å². The van der Waals surface area contributed by atoms with E-state index < -0.39 is 5.92 Å². The molecule has 1 aliphatic carbocycles. The number of hydrogen-bond donors (Lipinski definition) is 3. The van der Waals surface area contributed by atoms with Crippen molar-refractivity contribution in [3.63, 3.8) is 0 Å². The van der Waals surface area contributed by atoms with Gasteiger partial charge in [0.15, 0.2) is 5.78 Å². The van der Waals surface area contributed by atoms with Crippen LogP contribution in [0.25, 0.3) is 0 Å². The fourth-order valence-corrected chi connectivity index (χ4v) is 4.22. The zero-order chi connectivity index (χ0) is 20.5. The summed E-state index contributed by atoms with van der Waals surface area (Å²) in [6.07, 6.45) is 2.05. The van der Waals surface area contributed by atoms with Gasteiger partial charge < -0.3 is 15.7 Å². The van der Waals surface area contributed by atoms with Crippen LogP contribution in [-0.2, 0) is 9.59 Å². The second-order valence-corrected chi connectivity index (χ2v) is 7.63. The van der Waals surface area contributed by atoms with E-state index >= 15 is 0 Å². The third-order valence-corrected chi connectivity index (χ3v) is 5.62. The van der Waals surface area contributed by atoms with Crippen LogP contribution in [0.1, 0.15) is 43.2 Å². The highest BCUT2D eigenvalue weighted by Crippen LogP contribution is 2.43. The normalized spacial score (nSPS) is 19.0. The van der Waals surface area contributed by atoms with Gasteiger partial charge in [-0.25, -0.2) is 0 Å². The highest BCUT2D eigenvalue weighted by molar-refractivity contribution is 6.10. The fraction of sp³-hybridized carbons (Fsp3) is 0.250. The first-order valence-electron chi connectivity index (χ1n) is 9.85. The van der Waals surface area contributed by atoms with Crippen LogP contribution in [0.2, 0.25) is 0 Å². The molecule has 0 spiro atoms. The van der Waals surface area contributed by atoms with Gasteiger partial charge in [-0.3, -0.25) is 9.59 Å². The lowest BCUT2D eigenvalue weighted by Gasteiger charge is -2.34. The molecule has 0 bridgehead atoms. The molecule has 5 heteroatoms. The van der Waals surface area contributed by atoms with Crippen LogP contribution in [-0.4, -0.2) is 16.8 Å². The zero-order valence-corrected chi connectivity index (χ0v) is 16.6. The number of anilines is 1. The van der Waals surface area contributed by atoms with Crippen LogP contribution in [0.5, 0.6) is 5.75 Å². The molecule has 5 nitrogen and oxygen atoms in total. The molecule has 2 aromatic rings. The van der Waals surface area contributed by atoms with Crippen LogP contribution >= 0.6 is 0 Å². The molecular formula is C24H24N2O3. The van der Waals surface area contributed by atoms with E-state index in [4.69, 9.17) is 0 Å². The molecule has 4 rings (SSSR count). The number of para-hydroxylation sites is 1. The summed E-state index contributed by atoms with van der Waals surface area (Å²) >= 11 is 0. The molecule has 1 atom stereocenters. The molecule has 148 valence electrons. The molecule has 2 aliphatic rings. The minimum Gasteiger partial charge on any atom is -0.508 e. The average molecular weight is 388 g/mol. The number of Topliss-reactive ketones (excluding diaryl/α,β-unsaturated/α-hetero) is 1. The second kappa shape index (κ2) is 7.59. The SMILES string of the molecule is CC1=C(C(=O)Nc2ccccc2C)C(c2cccc(O)c2)C2=C(CCCC2=O)N1. The van der Waals surface area contributed by atoms with Gasteiger partial charge in [0.2, 0.25) is 0 Å². The Morgan fingerprint density at radius 1 is 1.10 bits per heavy atom. The molecule has 1 aliphatic heterocycles. The summed E-state index contributed by atoms with van der Waals surface area (Å²) in [6.45, 7) is 3.80. The number of dihydropyridines is 1. The minimum atomic E-state index is -0.504. The number of aryl methyl sites for hydroxylation is 1. The van der Waals surface area contributed by atoms with Crippen molar-refractivity contribution in [1.29, 1.82) is 0 Å². The first kappa shape index (κ1) is 19.0. The number of phenols is 1. The third-order valence-electron chi connectivity index (χ3n) is 5.62. The second-order valence-electron chi connectivity index (χ2n) is 7.63. The number of allylic oxidation sites excluding steroid dienone is 3. The standard InChI is InChI=1S/C24H24N2O3/c1-14-7-3-4-10-18(14)26-24(29)21-15(2)25-19-11-6-12-20(28)23(19)22(21)16-8-5-9-17(27)13-16/h3-5,7-10,13,22,25,27H,6,11-12H2,1-2H3,(H,26,29). The molecule has 0 saturated heterocycles. The van der Waals surface area contributed by atoms with Crippen LogP contribution < -0.4 is 10.6 Å². The molecule has 2 aromatic carbocycles. The Bertz CT molecular complexity index is 1070. The highest BCUT2D eigenvalue weighted by Gasteiger charge is 2.38. The Morgan fingerprint density at radius 2 is 1.90 bits per heavy atom. The summed E-state index contributed by atoms with van der Waals surface area (Å²) in [5.41, 5.74) is 5.21. The number of ketones is 1. The van der Waals surface area contributed by atoms with Crippen molar-refractivity contribution in [3.05, 3.63) is 82.2 Å². The fourth-order valence-electron chi connectivity index (χ4n) is 4.22. The summed E-state index contributed by atoms with van der Waals surface area (Å²) in [5.74, 6) is -0.582. The van der Waals surface area contributed by atoms with E-state index in [-0.39, 0.29) is 17.4 Å². The lowest BCUT2D eigenvalue weighted by Crippen LogP contribution is -2.35. The van der Waals surface area contributed by atoms with Gasteiger partial charge in [0.1, 0.15) is 5.75 Å². The van der Waals surface area contributed by atoms with Gasteiger partial charge in [0, 0.05) is 40.6 Å². The highest BCUT2D eigenvalue weighted by atomic mass is 16.3. The molecule has 0 radical (unpaired) electrons. The Hall–Kier alpha value is -3.34. The Balaban J connectivity index is 1.81. The predicted molar refractivity (Wildman–Crippen MR) is 112 cm³/mol. The number of carbonyl (C=O) groups is 2. The molecule has 0 fully saturated rings. The van der Waals surface area contributed by atoms with Gasteiger partial charge in [0.05, 0.1) is 0 Å². The van der Waals surface area contributed by atoms with E-state index in [9.17, 15) is 14.7 Å². The van der Waals surface area contributed by atoms with Crippen molar-refractivity contribution < 1.29 is 14.7 Å². The van der Waals surface area contributed by atoms with Gasteiger partial charge >= 0.3 is 0 Å². The van der Waals surface area contributed by atoms with Crippen LogP contribution in [0.3, 0.4) is 0 Å². The topological polar surface area (TPSA) is 78.4 Å². The number of benzene rings is 2. The van der Waals surface area contributed by atoms with E-state index in [1.165, 1.54) is 0 Å². The molecule has 0 saturated carbocycles.